The number of hydrogen-bond acceptors (Lipinski definition) is 7. The Morgan fingerprint density at radius 3 is 2.71 bits per heavy atom. The van der Waals surface area contributed by atoms with E-state index in [1.807, 2.05) is 6.92 Å². The summed E-state index contributed by atoms with van der Waals surface area (Å²) in [5.74, 6) is 0.369. The monoisotopic (exact) mass is 425 g/mol. The molecule has 1 aliphatic heterocycles. The van der Waals surface area contributed by atoms with Crippen LogP contribution in [0.5, 0.6) is 5.75 Å². The first-order valence-electron chi connectivity index (χ1n) is 10.5. The van der Waals surface area contributed by atoms with Gasteiger partial charge in [-0.3, -0.25) is 4.79 Å². The zero-order valence-electron chi connectivity index (χ0n) is 18.0. The Morgan fingerprint density at radius 2 is 2.03 bits per heavy atom. The molecule has 1 saturated carbocycles. The normalized spacial score (nSPS) is 19.2. The van der Waals surface area contributed by atoms with Crippen molar-refractivity contribution in [3.63, 3.8) is 0 Å². The van der Waals surface area contributed by atoms with Gasteiger partial charge in [-0.25, -0.2) is 9.78 Å². The Bertz CT molecular complexity index is 1010. The zero-order chi connectivity index (χ0) is 22.1. The van der Waals surface area contributed by atoms with Gasteiger partial charge in [-0.05, 0) is 31.0 Å². The molecule has 1 aromatic heterocycles. The average Bonchev–Trinajstić information content (AvgIpc) is 3.28. The highest BCUT2D eigenvalue weighted by atomic mass is 16.5. The van der Waals surface area contributed by atoms with E-state index in [0.717, 1.165) is 18.7 Å². The molecule has 2 aromatic rings. The summed E-state index contributed by atoms with van der Waals surface area (Å²) in [5, 5.41) is 12.3. The maximum Gasteiger partial charge on any atom is 0.335 e. The predicted molar refractivity (Wildman–Crippen MR) is 117 cm³/mol. The van der Waals surface area contributed by atoms with Gasteiger partial charge in [-0.2, -0.15) is 4.98 Å². The molecule has 31 heavy (non-hydrogen) atoms. The fourth-order valence-corrected chi connectivity index (χ4v) is 4.37. The van der Waals surface area contributed by atoms with E-state index in [4.69, 9.17) is 9.72 Å². The molecule has 9 heteroatoms. The standard InChI is InChI=1S/C22H27N5O4/c1-13-12-27(15-6-4-5-7-15)19-17(26(2)20(13)28)11-23-22(25-19)24-16-9-8-14(21(29)30)10-18(16)31-3/h8-11,13,15H,4-7,12H2,1-3H3,(H,29,30)(H,23,24,25). The number of carboxylic acid groups (broad SMARTS) is 1. The van der Waals surface area contributed by atoms with Crippen molar-refractivity contribution in [1.29, 1.82) is 0 Å². The molecule has 1 fully saturated rings. The maximum atomic E-state index is 12.8. The predicted octanol–water partition coefficient (Wildman–Crippen LogP) is 3.29. The molecule has 0 spiro atoms. The van der Waals surface area contributed by atoms with Gasteiger partial charge in [0, 0.05) is 19.6 Å². The van der Waals surface area contributed by atoms with Crippen LogP contribution in [0.3, 0.4) is 0 Å². The SMILES string of the molecule is COc1cc(C(=O)O)ccc1Nc1ncc2c(n1)N(C1CCCC1)CC(C)C(=O)N2C. The molecule has 4 rings (SSSR count). The number of benzene rings is 1. The number of carboxylic acids is 1. The van der Waals surface area contributed by atoms with Crippen LogP contribution in [0, 0.1) is 5.92 Å². The second-order valence-electron chi connectivity index (χ2n) is 8.14. The molecule has 9 nitrogen and oxygen atoms in total. The van der Waals surface area contributed by atoms with Crippen molar-refractivity contribution in [2.45, 2.75) is 38.6 Å². The molecule has 1 aromatic carbocycles. The van der Waals surface area contributed by atoms with Crippen molar-refractivity contribution < 1.29 is 19.4 Å². The first kappa shape index (κ1) is 20.9. The number of ether oxygens (including phenoxy) is 1. The molecule has 164 valence electrons. The number of aromatic nitrogens is 2. The van der Waals surface area contributed by atoms with Crippen LogP contribution < -0.4 is 19.9 Å². The fourth-order valence-electron chi connectivity index (χ4n) is 4.37. The van der Waals surface area contributed by atoms with Crippen molar-refractivity contribution >= 4 is 35.0 Å². The highest BCUT2D eigenvalue weighted by Gasteiger charge is 2.35. The first-order valence-corrected chi connectivity index (χ1v) is 10.5. The molecule has 0 bridgehead atoms. The van der Waals surface area contributed by atoms with Gasteiger partial charge in [0.1, 0.15) is 11.4 Å². The highest BCUT2D eigenvalue weighted by Crippen LogP contribution is 2.37. The number of carbonyl (C=O) groups excluding carboxylic acids is 1. The number of hydrogen-bond donors (Lipinski definition) is 2. The molecular weight excluding hydrogens is 398 g/mol. The summed E-state index contributed by atoms with van der Waals surface area (Å²) in [5.41, 5.74) is 1.39. The van der Waals surface area contributed by atoms with Crippen molar-refractivity contribution in [1.82, 2.24) is 9.97 Å². The Morgan fingerprint density at radius 1 is 1.29 bits per heavy atom. The molecule has 1 atom stereocenters. The van der Waals surface area contributed by atoms with E-state index < -0.39 is 5.97 Å². The number of rotatable bonds is 5. The number of amides is 1. The average molecular weight is 425 g/mol. The smallest absolute Gasteiger partial charge is 0.335 e. The molecule has 0 radical (unpaired) electrons. The van der Waals surface area contributed by atoms with Crippen molar-refractivity contribution in [2.24, 2.45) is 5.92 Å². The van der Waals surface area contributed by atoms with Crippen molar-refractivity contribution in [3.8, 4) is 5.75 Å². The van der Waals surface area contributed by atoms with E-state index in [1.165, 1.54) is 32.1 Å². The summed E-state index contributed by atoms with van der Waals surface area (Å²) in [4.78, 5) is 37.1. The van der Waals surface area contributed by atoms with E-state index in [9.17, 15) is 14.7 Å². The second kappa shape index (κ2) is 8.41. The summed E-state index contributed by atoms with van der Waals surface area (Å²) in [6.07, 6.45) is 6.19. The first-order chi connectivity index (χ1) is 14.9. The second-order valence-corrected chi connectivity index (χ2v) is 8.14. The number of carbonyl (C=O) groups is 2. The third kappa shape index (κ3) is 3.99. The van der Waals surface area contributed by atoms with Crippen LogP contribution in [0.25, 0.3) is 0 Å². The zero-order valence-corrected chi connectivity index (χ0v) is 18.0. The van der Waals surface area contributed by atoms with Crippen molar-refractivity contribution in [3.05, 3.63) is 30.0 Å². The Kier molecular flexibility index (Phi) is 5.67. The van der Waals surface area contributed by atoms with Crippen LogP contribution in [-0.2, 0) is 4.79 Å². The summed E-state index contributed by atoms with van der Waals surface area (Å²) >= 11 is 0. The Hall–Kier alpha value is -3.36. The van der Waals surface area contributed by atoms with Crippen LogP contribution in [0.1, 0.15) is 43.0 Å². The fraction of sp³-hybridized carbons (Fsp3) is 0.455. The van der Waals surface area contributed by atoms with Gasteiger partial charge < -0.3 is 25.0 Å². The van der Waals surface area contributed by atoms with Gasteiger partial charge >= 0.3 is 5.97 Å². The van der Waals surface area contributed by atoms with Crippen LogP contribution in [-0.4, -0.2) is 53.7 Å². The van der Waals surface area contributed by atoms with Crippen molar-refractivity contribution in [2.75, 3.05) is 35.8 Å². The number of fused-ring (bicyclic) bond motifs is 1. The van der Waals surface area contributed by atoms with E-state index in [0.29, 0.717) is 35.7 Å². The molecular formula is C22H27N5O4. The lowest BCUT2D eigenvalue weighted by molar-refractivity contribution is -0.121. The molecule has 1 amide bonds. The van der Waals surface area contributed by atoms with Crippen LogP contribution >= 0.6 is 0 Å². The van der Waals surface area contributed by atoms with E-state index >= 15 is 0 Å². The maximum absolute atomic E-state index is 12.8. The lowest BCUT2D eigenvalue weighted by atomic mass is 10.1. The van der Waals surface area contributed by atoms with Crippen LogP contribution in [0.4, 0.5) is 23.1 Å². The number of nitrogens with zero attached hydrogens (tertiary/aromatic N) is 4. The summed E-state index contributed by atoms with van der Waals surface area (Å²) < 4.78 is 5.34. The molecule has 1 aliphatic carbocycles. The van der Waals surface area contributed by atoms with Gasteiger partial charge in [0.25, 0.3) is 0 Å². The van der Waals surface area contributed by atoms with Crippen LogP contribution in [0.2, 0.25) is 0 Å². The Balaban J connectivity index is 1.71. The van der Waals surface area contributed by atoms with Gasteiger partial charge in [-0.15, -0.1) is 0 Å². The van der Waals surface area contributed by atoms with Gasteiger partial charge in [0.2, 0.25) is 11.9 Å². The molecule has 1 unspecified atom stereocenters. The third-order valence-electron chi connectivity index (χ3n) is 6.07. The lowest BCUT2D eigenvalue weighted by Crippen LogP contribution is -2.38. The largest absolute Gasteiger partial charge is 0.495 e. The van der Waals surface area contributed by atoms with E-state index in [-0.39, 0.29) is 17.4 Å². The van der Waals surface area contributed by atoms with Gasteiger partial charge in [0.05, 0.1) is 30.5 Å². The minimum Gasteiger partial charge on any atom is -0.495 e. The summed E-state index contributed by atoms with van der Waals surface area (Å²) in [6, 6.07) is 4.93. The van der Waals surface area contributed by atoms with Gasteiger partial charge in [0.15, 0.2) is 5.82 Å². The number of anilines is 4. The van der Waals surface area contributed by atoms with E-state index in [1.54, 1.807) is 24.2 Å². The number of nitrogens with one attached hydrogen (secondary N) is 1. The number of aromatic carboxylic acids is 1. The number of methoxy groups -OCH3 is 1. The summed E-state index contributed by atoms with van der Waals surface area (Å²) in [6.45, 7) is 2.57. The lowest BCUT2D eigenvalue weighted by Gasteiger charge is -2.31. The molecule has 2 aliphatic rings. The molecule has 2 heterocycles. The topological polar surface area (TPSA) is 108 Å². The molecule has 2 N–H and O–H groups in total. The molecule has 0 saturated heterocycles. The highest BCUT2D eigenvalue weighted by molar-refractivity contribution is 5.98. The Labute approximate surface area is 181 Å². The van der Waals surface area contributed by atoms with Gasteiger partial charge in [-0.1, -0.05) is 19.8 Å². The van der Waals surface area contributed by atoms with Crippen LogP contribution in [0.15, 0.2) is 24.4 Å². The third-order valence-corrected chi connectivity index (χ3v) is 6.07. The van der Waals surface area contributed by atoms with E-state index in [2.05, 4.69) is 15.2 Å². The quantitative estimate of drug-likeness (QED) is 0.751. The minimum atomic E-state index is -1.03. The minimum absolute atomic E-state index is 0.0528. The summed E-state index contributed by atoms with van der Waals surface area (Å²) in [7, 11) is 3.24.